The molecule has 16 heavy (non-hydrogen) atoms. The molecule has 0 aromatic heterocycles. The second kappa shape index (κ2) is 5.50. The molecule has 2 aliphatic rings. The summed E-state index contributed by atoms with van der Waals surface area (Å²) in [7, 11) is 0. The zero-order valence-corrected chi connectivity index (χ0v) is 11.0. The molecule has 0 aromatic rings. The number of hydrogen-bond donors (Lipinski definition) is 1. The predicted molar refractivity (Wildman–Crippen MR) is 69.4 cm³/mol. The van der Waals surface area contributed by atoms with Crippen molar-refractivity contribution in [3.63, 3.8) is 0 Å². The first-order chi connectivity index (χ1) is 7.74. The summed E-state index contributed by atoms with van der Waals surface area (Å²) in [6.45, 7) is 5.72. The molecular formula is C14H28N2. The Morgan fingerprint density at radius 1 is 0.938 bits per heavy atom. The molecule has 2 heteroatoms. The van der Waals surface area contributed by atoms with Gasteiger partial charge in [-0.15, -0.1) is 0 Å². The molecule has 2 fully saturated rings. The van der Waals surface area contributed by atoms with Crippen LogP contribution in [0.4, 0.5) is 0 Å². The van der Waals surface area contributed by atoms with Crippen LogP contribution in [0.5, 0.6) is 0 Å². The number of likely N-dealkylation sites (tertiary alicyclic amines) is 1. The van der Waals surface area contributed by atoms with Gasteiger partial charge in [0.05, 0.1) is 0 Å². The van der Waals surface area contributed by atoms with Crippen molar-refractivity contribution in [3.8, 4) is 0 Å². The van der Waals surface area contributed by atoms with Crippen LogP contribution < -0.4 is 5.73 Å². The van der Waals surface area contributed by atoms with Crippen molar-refractivity contribution < 1.29 is 0 Å². The van der Waals surface area contributed by atoms with Crippen LogP contribution in [0, 0.1) is 5.92 Å². The van der Waals surface area contributed by atoms with E-state index in [1.54, 1.807) is 0 Å². The van der Waals surface area contributed by atoms with E-state index in [1.165, 1.54) is 44.9 Å². The Kier molecular flexibility index (Phi) is 4.26. The summed E-state index contributed by atoms with van der Waals surface area (Å²) in [5, 5.41) is 0. The lowest BCUT2D eigenvalue weighted by molar-refractivity contribution is 0.0105. The van der Waals surface area contributed by atoms with Crippen LogP contribution in [0.1, 0.15) is 58.8 Å². The normalized spacial score (nSPS) is 42.2. The van der Waals surface area contributed by atoms with Gasteiger partial charge in [-0.1, -0.05) is 19.3 Å². The van der Waals surface area contributed by atoms with Crippen molar-refractivity contribution in [2.45, 2.75) is 76.9 Å². The van der Waals surface area contributed by atoms with Gasteiger partial charge < -0.3 is 5.73 Å². The maximum absolute atomic E-state index is 5.96. The number of nitrogens with two attached hydrogens (primary N) is 1. The summed E-state index contributed by atoms with van der Waals surface area (Å²) in [6, 6.07) is 2.34. The summed E-state index contributed by atoms with van der Waals surface area (Å²) >= 11 is 0. The highest BCUT2D eigenvalue weighted by Gasteiger charge is 2.35. The Morgan fingerprint density at radius 3 is 2.19 bits per heavy atom. The number of hydrogen-bond acceptors (Lipinski definition) is 2. The largest absolute Gasteiger partial charge is 0.330 e. The monoisotopic (exact) mass is 224 g/mol. The van der Waals surface area contributed by atoms with Gasteiger partial charge in [0.1, 0.15) is 0 Å². The average molecular weight is 224 g/mol. The first-order valence-corrected chi connectivity index (χ1v) is 7.21. The molecule has 1 aliphatic heterocycles. The van der Waals surface area contributed by atoms with Gasteiger partial charge in [-0.3, -0.25) is 4.90 Å². The summed E-state index contributed by atoms with van der Waals surface area (Å²) in [5.74, 6) is 0.761. The van der Waals surface area contributed by atoms with E-state index in [4.69, 9.17) is 5.73 Å². The highest BCUT2D eigenvalue weighted by Crippen LogP contribution is 2.34. The Hall–Kier alpha value is -0.0800. The second-order valence-electron chi connectivity index (χ2n) is 5.92. The molecule has 2 rings (SSSR count). The van der Waals surface area contributed by atoms with E-state index >= 15 is 0 Å². The Bertz CT molecular complexity index is 207. The van der Waals surface area contributed by atoms with E-state index in [1.807, 2.05) is 0 Å². The lowest BCUT2D eigenvalue weighted by atomic mass is 9.80. The van der Waals surface area contributed by atoms with Gasteiger partial charge >= 0.3 is 0 Å². The van der Waals surface area contributed by atoms with Gasteiger partial charge in [-0.25, -0.2) is 0 Å². The van der Waals surface area contributed by atoms with Crippen LogP contribution in [0.15, 0.2) is 0 Å². The zero-order valence-electron chi connectivity index (χ0n) is 11.0. The van der Waals surface area contributed by atoms with E-state index < -0.39 is 0 Å². The molecule has 1 saturated carbocycles. The van der Waals surface area contributed by atoms with Gasteiger partial charge in [0.15, 0.2) is 0 Å². The SMILES string of the molecule is CC1CCCC(C)N1C1CCCCC1CN. The highest BCUT2D eigenvalue weighted by atomic mass is 15.2. The zero-order chi connectivity index (χ0) is 11.5. The number of piperidine rings is 1. The minimum atomic E-state index is 0.761. The summed E-state index contributed by atoms with van der Waals surface area (Å²) in [4.78, 5) is 2.81. The maximum atomic E-state index is 5.96. The Labute approximate surface area is 101 Å². The van der Waals surface area contributed by atoms with Crippen molar-refractivity contribution in [2.24, 2.45) is 11.7 Å². The van der Waals surface area contributed by atoms with Crippen LogP contribution in [-0.2, 0) is 0 Å². The Morgan fingerprint density at radius 2 is 1.56 bits per heavy atom. The molecule has 2 N–H and O–H groups in total. The first-order valence-electron chi connectivity index (χ1n) is 7.21. The topological polar surface area (TPSA) is 29.3 Å². The maximum Gasteiger partial charge on any atom is 0.0141 e. The van der Waals surface area contributed by atoms with Gasteiger partial charge in [-0.2, -0.15) is 0 Å². The molecule has 0 amide bonds. The molecular weight excluding hydrogens is 196 g/mol. The van der Waals surface area contributed by atoms with Crippen molar-refractivity contribution in [3.05, 3.63) is 0 Å². The van der Waals surface area contributed by atoms with Crippen molar-refractivity contribution >= 4 is 0 Å². The second-order valence-corrected chi connectivity index (χ2v) is 5.92. The third-order valence-corrected chi connectivity index (χ3v) is 4.82. The third-order valence-electron chi connectivity index (χ3n) is 4.82. The molecule has 0 spiro atoms. The molecule has 0 bridgehead atoms. The number of rotatable bonds is 2. The van der Waals surface area contributed by atoms with E-state index in [0.717, 1.165) is 30.6 Å². The van der Waals surface area contributed by atoms with Gasteiger partial charge in [0.2, 0.25) is 0 Å². The van der Waals surface area contributed by atoms with Crippen LogP contribution >= 0.6 is 0 Å². The first kappa shape index (κ1) is 12.4. The van der Waals surface area contributed by atoms with Gasteiger partial charge in [0, 0.05) is 18.1 Å². The fourth-order valence-corrected chi connectivity index (χ4v) is 3.95. The lowest BCUT2D eigenvalue weighted by Gasteiger charge is -2.48. The van der Waals surface area contributed by atoms with Gasteiger partial charge in [-0.05, 0) is 52.0 Å². The predicted octanol–water partition coefficient (Wildman–Crippen LogP) is 2.77. The smallest absolute Gasteiger partial charge is 0.0141 e. The van der Waals surface area contributed by atoms with Crippen molar-refractivity contribution in [2.75, 3.05) is 6.54 Å². The highest BCUT2D eigenvalue weighted by molar-refractivity contribution is 4.91. The average Bonchev–Trinajstić information content (AvgIpc) is 2.29. The fraction of sp³-hybridized carbons (Fsp3) is 1.00. The molecule has 1 heterocycles. The molecule has 4 unspecified atom stereocenters. The number of nitrogens with zero attached hydrogens (tertiary/aromatic N) is 1. The van der Waals surface area contributed by atoms with Gasteiger partial charge in [0.25, 0.3) is 0 Å². The molecule has 1 aliphatic carbocycles. The lowest BCUT2D eigenvalue weighted by Crippen LogP contribution is -2.54. The molecule has 94 valence electrons. The minimum Gasteiger partial charge on any atom is -0.330 e. The van der Waals surface area contributed by atoms with E-state index in [-0.39, 0.29) is 0 Å². The van der Waals surface area contributed by atoms with Crippen molar-refractivity contribution in [1.29, 1.82) is 0 Å². The molecule has 0 aromatic carbocycles. The summed E-state index contributed by atoms with van der Waals surface area (Å²) in [6.07, 6.45) is 9.74. The van der Waals surface area contributed by atoms with Crippen LogP contribution in [0.3, 0.4) is 0 Å². The molecule has 0 radical (unpaired) electrons. The van der Waals surface area contributed by atoms with Crippen molar-refractivity contribution in [1.82, 2.24) is 4.90 Å². The summed E-state index contributed by atoms with van der Waals surface area (Å²) < 4.78 is 0. The van der Waals surface area contributed by atoms with Crippen LogP contribution in [0.25, 0.3) is 0 Å². The van der Waals surface area contributed by atoms with Crippen LogP contribution in [-0.4, -0.2) is 29.6 Å². The van der Waals surface area contributed by atoms with E-state index in [2.05, 4.69) is 18.7 Å². The summed E-state index contributed by atoms with van der Waals surface area (Å²) in [5.41, 5.74) is 5.96. The quantitative estimate of drug-likeness (QED) is 0.781. The van der Waals surface area contributed by atoms with E-state index in [9.17, 15) is 0 Å². The Balaban J connectivity index is 2.07. The minimum absolute atomic E-state index is 0.761. The fourth-order valence-electron chi connectivity index (χ4n) is 3.95. The van der Waals surface area contributed by atoms with E-state index in [0.29, 0.717) is 0 Å². The van der Waals surface area contributed by atoms with Crippen LogP contribution in [0.2, 0.25) is 0 Å². The molecule has 1 saturated heterocycles. The molecule has 4 atom stereocenters. The third kappa shape index (κ3) is 2.43. The molecule has 2 nitrogen and oxygen atoms in total. The standard InChI is InChI=1S/C14H28N2/c1-11-6-5-7-12(2)16(11)14-9-4-3-8-13(14)10-15/h11-14H,3-10,15H2,1-2H3.